The van der Waals surface area contributed by atoms with E-state index in [2.05, 4.69) is 9.88 Å². The molecule has 0 bridgehead atoms. The van der Waals surface area contributed by atoms with Crippen molar-refractivity contribution < 1.29 is 29.0 Å². The van der Waals surface area contributed by atoms with E-state index in [0.717, 1.165) is 13.1 Å². The summed E-state index contributed by atoms with van der Waals surface area (Å²) in [5.41, 5.74) is 2.03. The average Bonchev–Trinajstić information content (AvgIpc) is 3.30. The van der Waals surface area contributed by atoms with Crippen LogP contribution >= 0.6 is 0 Å². The van der Waals surface area contributed by atoms with Crippen molar-refractivity contribution >= 4 is 23.4 Å². The number of nitrogens with zero attached hydrogens (tertiary/aromatic N) is 2. The number of carbonyl (C=O) groups excluding carboxylic acids is 3. The summed E-state index contributed by atoms with van der Waals surface area (Å²) in [6.07, 6.45) is 0. The van der Waals surface area contributed by atoms with Crippen LogP contribution in [0.25, 0.3) is 5.76 Å². The number of aliphatic hydroxyl groups excluding tert-OH is 1. The molecule has 1 aromatic heterocycles. The monoisotopic (exact) mass is 483 g/mol. The van der Waals surface area contributed by atoms with Crippen molar-refractivity contribution in [1.29, 1.82) is 0 Å². The first-order valence-electron chi connectivity index (χ1n) is 11.6. The molecule has 2 N–H and O–H groups in total. The molecule has 1 saturated heterocycles. The van der Waals surface area contributed by atoms with Crippen LogP contribution in [-0.2, 0) is 14.3 Å². The van der Waals surface area contributed by atoms with E-state index in [9.17, 15) is 19.5 Å². The second kappa shape index (κ2) is 10.8. The molecule has 1 aromatic carbocycles. The zero-order valence-corrected chi connectivity index (χ0v) is 21.1. The Morgan fingerprint density at radius 1 is 1.17 bits per heavy atom. The van der Waals surface area contributed by atoms with E-state index < -0.39 is 23.7 Å². The van der Waals surface area contributed by atoms with Gasteiger partial charge in [-0.3, -0.25) is 9.59 Å². The van der Waals surface area contributed by atoms with Crippen molar-refractivity contribution in [3.05, 3.63) is 57.9 Å². The zero-order chi connectivity index (χ0) is 25.9. The molecule has 2 aromatic rings. The third-order valence-corrected chi connectivity index (χ3v) is 6.56. The van der Waals surface area contributed by atoms with Crippen LogP contribution < -0.4 is 4.74 Å². The number of amides is 1. The summed E-state index contributed by atoms with van der Waals surface area (Å²) < 4.78 is 10.2. The molecule has 1 aliphatic rings. The van der Waals surface area contributed by atoms with E-state index in [0.29, 0.717) is 41.2 Å². The molecule has 9 nitrogen and oxygen atoms in total. The van der Waals surface area contributed by atoms with Crippen molar-refractivity contribution in [3.63, 3.8) is 0 Å². The largest absolute Gasteiger partial charge is 0.507 e. The molecule has 0 aliphatic carbocycles. The van der Waals surface area contributed by atoms with Crippen LogP contribution in [0.1, 0.15) is 52.8 Å². The Labute approximate surface area is 205 Å². The molecule has 188 valence electrons. The van der Waals surface area contributed by atoms with Crippen LogP contribution in [0.4, 0.5) is 0 Å². The fourth-order valence-electron chi connectivity index (χ4n) is 4.60. The Kier molecular flexibility index (Phi) is 8.01. The molecule has 0 radical (unpaired) electrons. The van der Waals surface area contributed by atoms with E-state index in [1.165, 1.54) is 19.1 Å². The quantitative estimate of drug-likeness (QED) is 0.244. The van der Waals surface area contributed by atoms with Crippen molar-refractivity contribution in [1.82, 2.24) is 14.8 Å². The lowest BCUT2D eigenvalue weighted by molar-refractivity contribution is -0.140. The first-order chi connectivity index (χ1) is 16.7. The summed E-state index contributed by atoms with van der Waals surface area (Å²) in [5, 5.41) is 11.4. The Morgan fingerprint density at radius 3 is 2.46 bits per heavy atom. The maximum atomic E-state index is 13.3. The molecule has 2 heterocycles. The minimum atomic E-state index is -0.809. The number of hydrogen-bond acceptors (Lipinski definition) is 7. The van der Waals surface area contributed by atoms with Gasteiger partial charge in [-0.15, -0.1) is 0 Å². The van der Waals surface area contributed by atoms with Gasteiger partial charge in [0.05, 0.1) is 25.8 Å². The summed E-state index contributed by atoms with van der Waals surface area (Å²) in [5.74, 6) is -1.80. The van der Waals surface area contributed by atoms with Gasteiger partial charge >= 0.3 is 5.97 Å². The molecular formula is C26H33N3O6. The molecule has 9 heteroatoms. The second-order valence-electron chi connectivity index (χ2n) is 8.41. The van der Waals surface area contributed by atoms with Gasteiger partial charge < -0.3 is 29.4 Å². The third-order valence-electron chi connectivity index (χ3n) is 6.56. The second-order valence-corrected chi connectivity index (χ2v) is 8.41. The predicted octanol–water partition coefficient (Wildman–Crippen LogP) is 3.19. The zero-order valence-electron chi connectivity index (χ0n) is 21.1. The van der Waals surface area contributed by atoms with Gasteiger partial charge in [0.2, 0.25) is 0 Å². The van der Waals surface area contributed by atoms with Crippen LogP contribution in [0, 0.1) is 13.8 Å². The number of methoxy groups -OCH3 is 2. The SMILES string of the molecule is CCN(CC)CCN1C(=O)C(=O)/C(=C(\O)c2c(C)[nH]c(C(=O)OC)c2C)[C@H]1c1cccc(OC)c1. The molecule has 1 aliphatic heterocycles. The minimum absolute atomic E-state index is 0.0237. The Morgan fingerprint density at radius 2 is 1.86 bits per heavy atom. The highest BCUT2D eigenvalue weighted by Crippen LogP contribution is 2.41. The van der Waals surface area contributed by atoms with Crippen LogP contribution in [0.15, 0.2) is 29.8 Å². The molecule has 35 heavy (non-hydrogen) atoms. The number of esters is 1. The summed E-state index contributed by atoms with van der Waals surface area (Å²) in [6.45, 7) is 9.91. The summed E-state index contributed by atoms with van der Waals surface area (Å²) in [7, 11) is 2.80. The number of ether oxygens (including phenoxy) is 2. The van der Waals surface area contributed by atoms with Gasteiger partial charge in [-0.05, 0) is 50.2 Å². The first-order valence-corrected chi connectivity index (χ1v) is 11.6. The van der Waals surface area contributed by atoms with Crippen LogP contribution in [0.5, 0.6) is 5.75 Å². The van der Waals surface area contributed by atoms with Gasteiger partial charge in [0, 0.05) is 24.3 Å². The summed E-state index contributed by atoms with van der Waals surface area (Å²) >= 11 is 0. The highest BCUT2D eigenvalue weighted by molar-refractivity contribution is 6.46. The van der Waals surface area contributed by atoms with E-state index in [4.69, 9.17) is 9.47 Å². The fraction of sp³-hybridized carbons (Fsp3) is 0.423. The van der Waals surface area contributed by atoms with Crippen molar-refractivity contribution in [2.45, 2.75) is 33.7 Å². The smallest absolute Gasteiger partial charge is 0.354 e. The van der Waals surface area contributed by atoms with Crippen molar-refractivity contribution in [3.8, 4) is 5.75 Å². The number of likely N-dealkylation sites (tertiary alicyclic amines) is 1. The van der Waals surface area contributed by atoms with Gasteiger partial charge in [0.25, 0.3) is 11.7 Å². The normalized spacial score (nSPS) is 17.3. The van der Waals surface area contributed by atoms with E-state index in [1.54, 1.807) is 38.1 Å². The number of aromatic nitrogens is 1. The number of hydrogen-bond donors (Lipinski definition) is 2. The molecule has 1 fully saturated rings. The summed E-state index contributed by atoms with van der Waals surface area (Å²) in [6, 6.07) is 6.30. The van der Waals surface area contributed by atoms with E-state index in [-0.39, 0.29) is 17.0 Å². The number of benzene rings is 1. The molecule has 0 unspecified atom stereocenters. The number of Topliss-reactive ketones (excluding diaryl/α,β-unsaturated/α-hetero) is 1. The Hall–Kier alpha value is -3.59. The topological polar surface area (TPSA) is 112 Å². The minimum Gasteiger partial charge on any atom is -0.507 e. The number of rotatable bonds is 9. The maximum Gasteiger partial charge on any atom is 0.354 e. The number of ketones is 1. The number of aliphatic hydroxyl groups is 1. The van der Waals surface area contributed by atoms with Gasteiger partial charge in [0.1, 0.15) is 17.2 Å². The van der Waals surface area contributed by atoms with Gasteiger partial charge in [-0.1, -0.05) is 26.0 Å². The highest BCUT2D eigenvalue weighted by Gasteiger charge is 2.46. The average molecular weight is 484 g/mol. The van der Waals surface area contributed by atoms with Crippen molar-refractivity contribution in [2.75, 3.05) is 40.4 Å². The van der Waals surface area contributed by atoms with Gasteiger partial charge in [0.15, 0.2) is 0 Å². The van der Waals surface area contributed by atoms with Crippen LogP contribution in [0.3, 0.4) is 0 Å². The number of carbonyl (C=O) groups is 3. The molecule has 0 saturated carbocycles. The maximum absolute atomic E-state index is 13.3. The molecular weight excluding hydrogens is 450 g/mol. The lowest BCUT2D eigenvalue weighted by Gasteiger charge is -2.28. The molecule has 1 atom stereocenters. The lowest BCUT2D eigenvalue weighted by atomic mass is 9.94. The lowest BCUT2D eigenvalue weighted by Crippen LogP contribution is -2.38. The van der Waals surface area contributed by atoms with Crippen LogP contribution in [0.2, 0.25) is 0 Å². The molecule has 3 rings (SSSR count). The molecule has 0 spiro atoms. The van der Waals surface area contributed by atoms with Gasteiger partial charge in [-0.25, -0.2) is 4.79 Å². The van der Waals surface area contributed by atoms with Crippen molar-refractivity contribution in [2.24, 2.45) is 0 Å². The molecule has 1 amide bonds. The number of aryl methyl sites for hydroxylation is 1. The van der Waals surface area contributed by atoms with Crippen LogP contribution in [-0.4, -0.2) is 77.9 Å². The fourth-order valence-corrected chi connectivity index (χ4v) is 4.60. The van der Waals surface area contributed by atoms with E-state index in [1.807, 2.05) is 13.8 Å². The number of aromatic amines is 1. The standard InChI is InChI=1S/C26H33N3O6/c1-7-28(8-2)12-13-29-22(17-10-9-11-18(14-17)34-5)20(24(31)25(29)32)23(30)19-15(3)21(26(33)35-6)27-16(19)4/h9-11,14,22,27,30H,7-8,12-13H2,1-6H3/b23-20-/t22-/m1/s1. The number of nitrogens with one attached hydrogen (secondary N) is 1. The van der Waals surface area contributed by atoms with Gasteiger partial charge in [-0.2, -0.15) is 0 Å². The first kappa shape index (κ1) is 26.0. The number of likely N-dealkylation sites (N-methyl/N-ethyl adjacent to an activating group) is 1. The number of H-pyrrole nitrogens is 1. The highest BCUT2D eigenvalue weighted by atomic mass is 16.5. The Balaban J connectivity index is 2.20. The summed E-state index contributed by atoms with van der Waals surface area (Å²) in [4.78, 5) is 45.3. The van der Waals surface area contributed by atoms with E-state index >= 15 is 0 Å². The third kappa shape index (κ3) is 4.81. The Bertz CT molecular complexity index is 1160. The predicted molar refractivity (Wildman–Crippen MR) is 131 cm³/mol.